The third-order valence-corrected chi connectivity index (χ3v) is 6.23. The van der Waals surface area contributed by atoms with Gasteiger partial charge in [-0.15, -0.1) is 0 Å². The number of benzene rings is 3. The first-order chi connectivity index (χ1) is 12.9. The molecule has 5 rings (SSSR count). The van der Waals surface area contributed by atoms with Crippen LogP contribution in [0, 0.1) is 5.92 Å². The highest BCUT2D eigenvalue weighted by molar-refractivity contribution is 5.79. The molecule has 2 atom stereocenters. The molecule has 0 fully saturated rings. The fourth-order valence-electron chi connectivity index (χ4n) is 5.19. The summed E-state index contributed by atoms with van der Waals surface area (Å²) in [5.74, 6) is 1.60. The van der Waals surface area contributed by atoms with Gasteiger partial charge in [0.1, 0.15) is 0 Å². The molecule has 2 aliphatic rings. The number of hydrogen-bond donors (Lipinski definition) is 0. The summed E-state index contributed by atoms with van der Waals surface area (Å²) in [4.78, 5) is 0. The van der Waals surface area contributed by atoms with E-state index in [9.17, 15) is 0 Å². The zero-order valence-electron chi connectivity index (χ0n) is 15.2. The van der Waals surface area contributed by atoms with Crippen molar-refractivity contribution in [3.8, 4) is 11.1 Å². The van der Waals surface area contributed by atoms with Crippen LogP contribution in [-0.2, 0) is 0 Å². The summed E-state index contributed by atoms with van der Waals surface area (Å²) in [6, 6.07) is 27.0. The summed E-state index contributed by atoms with van der Waals surface area (Å²) in [6.45, 7) is 2.32. The van der Waals surface area contributed by atoms with Crippen LogP contribution in [-0.4, -0.2) is 0 Å². The van der Waals surface area contributed by atoms with Crippen LogP contribution in [0.5, 0.6) is 0 Å². The highest BCUT2D eigenvalue weighted by atomic mass is 14.4. The Morgan fingerprint density at radius 2 is 1.31 bits per heavy atom. The molecule has 0 saturated heterocycles. The van der Waals surface area contributed by atoms with Crippen molar-refractivity contribution in [2.24, 2.45) is 5.92 Å². The van der Waals surface area contributed by atoms with E-state index in [0.29, 0.717) is 17.8 Å². The Hall–Kier alpha value is -2.60. The summed E-state index contributed by atoms with van der Waals surface area (Å²) in [6.07, 6.45) is 7.25. The zero-order valence-corrected chi connectivity index (χ0v) is 15.2. The zero-order chi connectivity index (χ0) is 17.5. The van der Waals surface area contributed by atoms with Gasteiger partial charge in [-0.05, 0) is 45.7 Å². The monoisotopic (exact) mass is 336 g/mol. The molecule has 3 aromatic rings. The van der Waals surface area contributed by atoms with Crippen LogP contribution in [0.2, 0.25) is 0 Å². The molecular formula is C26H24. The van der Waals surface area contributed by atoms with E-state index in [1.165, 1.54) is 46.2 Å². The Balaban J connectivity index is 1.66. The van der Waals surface area contributed by atoms with Crippen LogP contribution in [0.4, 0.5) is 0 Å². The first-order valence-corrected chi connectivity index (χ1v) is 9.84. The summed E-state index contributed by atoms with van der Waals surface area (Å²) in [7, 11) is 0. The van der Waals surface area contributed by atoms with E-state index < -0.39 is 0 Å². The Morgan fingerprint density at radius 1 is 0.731 bits per heavy atom. The van der Waals surface area contributed by atoms with E-state index in [1.54, 1.807) is 0 Å². The Bertz CT molecular complexity index is 933. The second-order valence-corrected chi connectivity index (χ2v) is 7.62. The van der Waals surface area contributed by atoms with Gasteiger partial charge >= 0.3 is 0 Å². The van der Waals surface area contributed by atoms with Gasteiger partial charge in [-0.3, -0.25) is 0 Å². The van der Waals surface area contributed by atoms with Crippen molar-refractivity contribution in [3.63, 3.8) is 0 Å². The second-order valence-electron chi connectivity index (χ2n) is 7.62. The minimum Gasteiger partial charge on any atom is -0.0761 e. The van der Waals surface area contributed by atoms with Crippen molar-refractivity contribution in [1.29, 1.82) is 0 Å². The van der Waals surface area contributed by atoms with E-state index >= 15 is 0 Å². The molecule has 2 aliphatic carbocycles. The van der Waals surface area contributed by atoms with E-state index in [-0.39, 0.29) is 0 Å². The largest absolute Gasteiger partial charge is 0.0761 e. The van der Waals surface area contributed by atoms with Crippen LogP contribution >= 0.6 is 0 Å². The van der Waals surface area contributed by atoms with Crippen molar-refractivity contribution in [2.75, 3.05) is 0 Å². The van der Waals surface area contributed by atoms with Gasteiger partial charge in [0.05, 0.1) is 0 Å². The summed E-state index contributed by atoms with van der Waals surface area (Å²) in [5.41, 5.74) is 8.81. The van der Waals surface area contributed by atoms with E-state index in [0.717, 1.165) is 0 Å². The van der Waals surface area contributed by atoms with Gasteiger partial charge in [0.2, 0.25) is 0 Å². The fourth-order valence-corrected chi connectivity index (χ4v) is 5.19. The molecule has 0 nitrogen and oxygen atoms in total. The molecule has 0 amide bonds. The standard InChI is InChI=1S/C26H24/c1-2-9-23(22-17-16-18-10-3-4-11-19(18)22)26-24-14-7-5-12-20(24)21-13-6-8-15-25(21)26/h3-8,10-17,22-23,26H,2,9H2,1H3. The lowest BCUT2D eigenvalue weighted by Crippen LogP contribution is -2.19. The van der Waals surface area contributed by atoms with E-state index in [4.69, 9.17) is 0 Å². The average Bonchev–Trinajstić information content (AvgIpc) is 3.26. The minimum absolute atomic E-state index is 0.489. The second kappa shape index (κ2) is 6.29. The molecule has 2 unspecified atom stereocenters. The Kier molecular flexibility index (Phi) is 3.78. The van der Waals surface area contributed by atoms with Crippen molar-refractivity contribution >= 4 is 6.08 Å². The first kappa shape index (κ1) is 15.6. The van der Waals surface area contributed by atoms with Gasteiger partial charge in [0.25, 0.3) is 0 Å². The Morgan fingerprint density at radius 3 is 1.96 bits per heavy atom. The number of allylic oxidation sites excluding steroid dienone is 1. The van der Waals surface area contributed by atoms with Gasteiger partial charge in [0, 0.05) is 11.8 Å². The number of rotatable bonds is 4. The molecule has 0 aromatic heterocycles. The van der Waals surface area contributed by atoms with Crippen LogP contribution in [0.1, 0.15) is 53.9 Å². The fraction of sp³-hybridized carbons (Fsp3) is 0.231. The highest BCUT2D eigenvalue weighted by Crippen LogP contribution is 2.54. The highest BCUT2D eigenvalue weighted by Gasteiger charge is 2.38. The molecule has 0 aliphatic heterocycles. The smallest absolute Gasteiger partial charge is 0.0139 e. The quantitative estimate of drug-likeness (QED) is 0.480. The molecule has 26 heavy (non-hydrogen) atoms. The lowest BCUT2D eigenvalue weighted by atomic mass is 9.72. The molecule has 0 bridgehead atoms. The molecule has 0 heteroatoms. The van der Waals surface area contributed by atoms with E-state index in [2.05, 4.69) is 91.9 Å². The SMILES string of the molecule is CCCC(C1C=Cc2ccccc21)C1c2ccccc2-c2ccccc21. The Labute approximate surface area is 156 Å². The van der Waals surface area contributed by atoms with Gasteiger partial charge in [0.15, 0.2) is 0 Å². The summed E-state index contributed by atoms with van der Waals surface area (Å²) >= 11 is 0. The van der Waals surface area contributed by atoms with Crippen molar-refractivity contribution in [2.45, 2.75) is 31.6 Å². The first-order valence-electron chi connectivity index (χ1n) is 9.84. The van der Waals surface area contributed by atoms with Crippen LogP contribution in [0.15, 0.2) is 78.9 Å². The third-order valence-electron chi connectivity index (χ3n) is 6.23. The molecule has 0 spiro atoms. The summed E-state index contributed by atoms with van der Waals surface area (Å²) < 4.78 is 0. The van der Waals surface area contributed by atoms with Crippen LogP contribution < -0.4 is 0 Å². The van der Waals surface area contributed by atoms with Gasteiger partial charge in [-0.2, -0.15) is 0 Å². The third kappa shape index (κ3) is 2.29. The minimum atomic E-state index is 0.489. The predicted octanol–water partition coefficient (Wildman–Crippen LogP) is 7.03. The van der Waals surface area contributed by atoms with Gasteiger partial charge in [-0.25, -0.2) is 0 Å². The molecule has 128 valence electrons. The van der Waals surface area contributed by atoms with Crippen LogP contribution in [0.3, 0.4) is 0 Å². The molecular weight excluding hydrogens is 312 g/mol. The van der Waals surface area contributed by atoms with E-state index in [1.807, 2.05) is 0 Å². The van der Waals surface area contributed by atoms with Crippen molar-refractivity contribution < 1.29 is 0 Å². The molecule has 0 heterocycles. The average molecular weight is 336 g/mol. The number of hydrogen-bond acceptors (Lipinski definition) is 0. The maximum Gasteiger partial charge on any atom is 0.0139 e. The summed E-state index contributed by atoms with van der Waals surface area (Å²) in [5, 5.41) is 0. The van der Waals surface area contributed by atoms with Crippen molar-refractivity contribution in [1.82, 2.24) is 0 Å². The molecule has 3 aromatic carbocycles. The topological polar surface area (TPSA) is 0 Å². The lowest BCUT2D eigenvalue weighted by molar-refractivity contribution is 0.398. The number of fused-ring (bicyclic) bond motifs is 4. The molecule has 0 saturated carbocycles. The predicted molar refractivity (Wildman–Crippen MR) is 110 cm³/mol. The van der Waals surface area contributed by atoms with Gasteiger partial charge < -0.3 is 0 Å². The van der Waals surface area contributed by atoms with Crippen LogP contribution in [0.25, 0.3) is 17.2 Å². The normalized spacial score (nSPS) is 18.4. The van der Waals surface area contributed by atoms with Crippen molar-refractivity contribution in [3.05, 3.63) is 101 Å². The van der Waals surface area contributed by atoms with Gasteiger partial charge in [-0.1, -0.05) is 98.3 Å². The maximum absolute atomic E-state index is 2.45. The maximum atomic E-state index is 2.45. The molecule has 0 N–H and O–H groups in total. The molecule has 0 radical (unpaired) electrons. The lowest BCUT2D eigenvalue weighted by Gasteiger charge is -2.31.